The van der Waals surface area contributed by atoms with Gasteiger partial charge in [-0.05, 0) is 24.3 Å². The smallest absolute Gasteiger partial charge is 0.335 e. The average Bonchev–Trinajstić information content (AvgIpc) is 2.16. The minimum Gasteiger partial charge on any atom is -0.478 e. The van der Waals surface area contributed by atoms with Crippen LogP contribution in [-0.4, -0.2) is 25.4 Å². The third kappa shape index (κ3) is 2.80. The van der Waals surface area contributed by atoms with Gasteiger partial charge in [-0.15, -0.1) is 0 Å². The van der Waals surface area contributed by atoms with Crippen molar-refractivity contribution >= 4 is 21.9 Å². The number of sulfonamides is 1. The van der Waals surface area contributed by atoms with Gasteiger partial charge in [0.15, 0.2) is 0 Å². The summed E-state index contributed by atoms with van der Waals surface area (Å²) < 4.78 is 24.7. The number of benzene rings is 1. The standard InChI is InChI=1S/C9H9NO5S/c1-6(11)10-16(14,15)8-4-2-7(3-5-8)9(12)13/h2-5H,1H3,(H,10,11)(H,12,13). The van der Waals surface area contributed by atoms with Crippen LogP contribution < -0.4 is 4.72 Å². The summed E-state index contributed by atoms with van der Waals surface area (Å²) in [5.41, 5.74) is -0.0261. The molecule has 0 radical (unpaired) electrons. The fourth-order valence-electron chi connectivity index (χ4n) is 1.02. The summed E-state index contributed by atoms with van der Waals surface area (Å²) in [5, 5.41) is 8.60. The van der Waals surface area contributed by atoms with Crippen molar-refractivity contribution in [2.45, 2.75) is 11.8 Å². The minimum atomic E-state index is -3.89. The van der Waals surface area contributed by atoms with Gasteiger partial charge in [-0.25, -0.2) is 17.9 Å². The molecule has 0 saturated heterocycles. The molecule has 1 amide bonds. The summed E-state index contributed by atoms with van der Waals surface area (Å²) >= 11 is 0. The maximum Gasteiger partial charge on any atom is 0.335 e. The zero-order valence-corrected chi connectivity index (χ0v) is 9.11. The van der Waals surface area contributed by atoms with Crippen LogP contribution in [-0.2, 0) is 14.8 Å². The van der Waals surface area contributed by atoms with E-state index in [1.54, 1.807) is 4.72 Å². The van der Waals surface area contributed by atoms with Crippen LogP contribution in [0.5, 0.6) is 0 Å². The Kier molecular flexibility index (Phi) is 3.28. The monoisotopic (exact) mass is 243 g/mol. The number of aromatic carboxylic acids is 1. The quantitative estimate of drug-likeness (QED) is 0.790. The maximum absolute atomic E-state index is 11.4. The number of carbonyl (C=O) groups is 2. The molecule has 0 aliphatic rings. The lowest BCUT2D eigenvalue weighted by atomic mass is 10.2. The molecule has 0 heterocycles. The molecule has 0 saturated carbocycles. The Balaban J connectivity index is 3.07. The van der Waals surface area contributed by atoms with Crippen LogP contribution in [0.1, 0.15) is 17.3 Å². The number of rotatable bonds is 3. The minimum absolute atomic E-state index is 0.0261. The summed E-state index contributed by atoms with van der Waals surface area (Å²) in [7, 11) is -3.89. The van der Waals surface area contributed by atoms with Gasteiger partial charge in [0.1, 0.15) is 0 Å². The van der Waals surface area contributed by atoms with Gasteiger partial charge in [0, 0.05) is 6.92 Å². The lowest BCUT2D eigenvalue weighted by Crippen LogP contribution is -2.28. The molecule has 1 aromatic rings. The molecule has 0 aliphatic heterocycles. The number of hydrogen-bond acceptors (Lipinski definition) is 4. The van der Waals surface area contributed by atoms with Crippen LogP contribution in [0, 0.1) is 0 Å². The SMILES string of the molecule is CC(=O)NS(=O)(=O)c1ccc(C(=O)O)cc1. The van der Waals surface area contributed by atoms with Crippen LogP contribution in [0.15, 0.2) is 29.2 Å². The van der Waals surface area contributed by atoms with E-state index in [-0.39, 0.29) is 10.5 Å². The number of carbonyl (C=O) groups excluding carboxylic acids is 1. The number of carboxylic acids is 1. The highest BCUT2D eigenvalue weighted by Gasteiger charge is 2.15. The van der Waals surface area contributed by atoms with Crippen LogP contribution in [0.3, 0.4) is 0 Å². The molecule has 2 N–H and O–H groups in total. The van der Waals surface area contributed by atoms with Gasteiger partial charge in [-0.2, -0.15) is 0 Å². The predicted octanol–water partition coefficient (Wildman–Crippen LogP) is 0.210. The Hall–Kier alpha value is -1.89. The highest BCUT2D eigenvalue weighted by atomic mass is 32.2. The van der Waals surface area contributed by atoms with Gasteiger partial charge in [0.25, 0.3) is 10.0 Å². The highest BCUT2D eigenvalue weighted by molar-refractivity contribution is 7.90. The predicted molar refractivity (Wildman–Crippen MR) is 54.4 cm³/mol. The molecule has 86 valence electrons. The number of carboxylic acid groups (broad SMARTS) is 1. The van der Waals surface area contributed by atoms with Crippen LogP contribution in [0.2, 0.25) is 0 Å². The lowest BCUT2D eigenvalue weighted by Gasteiger charge is -2.04. The van der Waals surface area contributed by atoms with Crippen LogP contribution >= 0.6 is 0 Å². The third-order valence-electron chi connectivity index (χ3n) is 1.69. The topological polar surface area (TPSA) is 101 Å². The summed E-state index contributed by atoms with van der Waals surface area (Å²) in [4.78, 5) is 21.0. The third-order valence-corrected chi connectivity index (χ3v) is 3.14. The molecule has 0 bridgehead atoms. The number of nitrogens with one attached hydrogen (secondary N) is 1. The first kappa shape index (κ1) is 12.2. The largest absolute Gasteiger partial charge is 0.478 e. The van der Waals surface area contributed by atoms with Crippen molar-refractivity contribution in [3.8, 4) is 0 Å². The van der Waals surface area contributed by atoms with E-state index in [0.29, 0.717) is 0 Å². The summed E-state index contributed by atoms with van der Waals surface area (Å²) in [5.74, 6) is -1.86. The number of amides is 1. The summed E-state index contributed by atoms with van der Waals surface area (Å²) in [6.45, 7) is 1.07. The van der Waals surface area contributed by atoms with Crippen molar-refractivity contribution in [1.29, 1.82) is 0 Å². The van der Waals surface area contributed by atoms with Crippen LogP contribution in [0.4, 0.5) is 0 Å². The summed E-state index contributed by atoms with van der Waals surface area (Å²) in [6.07, 6.45) is 0. The molecule has 0 spiro atoms. The zero-order chi connectivity index (χ0) is 12.3. The molecule has 1 aromatic carbocycles. The van der Waals surface area contributed by atoms with E-state index < -0.39 is 21.9 Å². The molecule has 7 heteroatoms. The van der Waals surface area contributed by atoms with E-state index in [0.717, 1.165) is 31.2 Å². The Morgan fingerprint density at radius 3 is 2.06 bits per heavy atom. The van der Waals surface area contributed by atoms with Gasteiger partial charge in [0.2, 0.25) is 5.91 Å². The van der Waals surface area contributed by atoms with Crippen molar-refractivity contribution in [2.75, 3.05) is 0 Å². The summed E-state index contributed by atoms with van der Waals surface area (Å²) in [6, 6.07) is 4.54. The number of hydrogen-bond donors (Lipinski definition) is 2. The zero-order valence-electron chi connectivity index (χ0n) is 8.30. The Morgan fingerprint density at radius 1 is 1.19 bits per heavy atom. The molecular formula is C9H9NO5S. The molecule has 0 fully saturated rings. The normalized spacial score (nSPS) is 10.8. The second-order valence-corrected chi connectivity index (χ2v) is 4.67. The molecule has 16 heavy (non-hydrogen) atoms. The van der Waals surface area contributed by atoms with E-state index in [9.17, 15) is 18.0 Å². The van der Waals surface area contributed by atoms with Crippen molar-refractivity contribution < 1.29 is 23.1 Å². The fourth-order valence-corrected chi connectivity index (χ4v) is 2.02. The molecule has 0 atom stereocenters. The van der Waals surface area contributed by atoms with Crippen molar-refractivity contribution in [3.05, 3.63) is 29.8 Å². The van der Waals surface area contributed by atoms with Gasteiger partial charge >= 0.3 is 5.97 Å². The van der Waals surface area contributed by atoms with Gasteiger partial charge in [-0.3, -0.25) is 4.79 Å². The van der Waals surface area contributed by atoms with Gasteiger partial charge < -0.3 is 5.11 Å². The van der Waals surface area contributed by atoms with Crippen molar-refractivity contribution in [3.63, 3.8) is 0 Å². The van der Waals surface area contributed by atoms with E-state index in [1.165, 1.54) is 0 Å². The van der Waals surface area contributed by atoms with E-state index in [2.05, 4.69) is 0 Å². The molecule has 0 aromatic heterocycles. The second kappa shape index (κ2) is 4.31. The Morgan fingerprint density at radius 2 is 1.69 bits per heavy atom. The van der Waals surface area contributed by atoms with E-state index in [4.69, 9.17) is 5.11 Å². The van der Waals surface area contributed by atoms with E-state index in [1.807, 2.05) is 0 Å². The Bertz CT molecular complexity index is 517. The second-order valence-electron chi connectivity index (χ2n) is 2.99. The van der Waals surface area contributed by atoms with Crippen molar-refractivity contribution in [2.24, 2.45) is 0 Å². The molecule has 1 rings (SSSR count). The molecular weight excluding hydrogens is 234 g/mol. The van der Waals surface area contributed by atoms with E-state index >= 15 is 0 Å². The van der Waals surface area contributed by atoms with Crippen molar-refractivity contribution in [1.82, 2.24) is 4.72 Å². The molecule has 6 nitrogen and oxygen atoms in total. The first-order chi connectivity index (χ1) is 7.33. The fraction of sp³-hybridized carbons (Fsp3) is 0.111. The first-order valence-electron chi connectivity index (χ1n) is 4.19. The average molecular weight is 243 g/mol. The highest BCUT2D eigenvalue weighted by Crippen LogP contribution is 2.10. The lowest BCUT2D eigenvalue weighted by molar-refractivity contribution is -0.117. The van der Waals surface area contributed by atoms with Crippen LogP contribution in [0.25, 0.3) is 0 Å². The van der Waals surface area contributed by atoms with Gasteiger partial charge in [-0.1, -0.05) is 0 Å². The molecule has 0 aliphatic carbocycles. The first-order valence-corrected chi connectivity index (χ1v) is 5.68. The molecule has 0 unspecified atom stereocenters. The Labute approximate surface area is 92.0 Å². The van der Waals surface area contributed by atoms with Gasteiger partial charge in [0.05, 0.1) is 10.5 Å². The maximum atomic E-state index is 11.4.